The van der Waals surface area contributed by atoms with E-state index in [9.17, 15) is 18.0 Å². The molecule has 2 heterocycles. The maximum absolute atomic E-state index is 14.2. The van der Waals surface area contributed by atoms with Crippen LogP contribution in [0.3, 0.4) is 0 Å². The molecule has 1 aromatic heterocycles. The van der Waals surface area contributed by atoms with Gasteiger partial charge in [-0.1, -0.05) is 0 Å². The Balaban J connectivity index is 2.26. The lowest BCUT2D eigenvalue weighted by molar-refractivity contribution is 0.0296. The first-order chi connectivity index (χ1) is 10.4. The second-order valence-electron chi connectivity index (χ2n) is 5.39. The van der Waals surface area contributed by atoms with Crippen LogP contribution in [0.15, 0.2) is 35.3 Å². The van der Waals surface area contributed by atoms with Crippen molar-refractivity contribution in [3.63, 3.8) is 0 Å². The van der Waals surface area contributed by atoms with Gasteiger partial charge >= 0.3 is 0 Å². The van der Waals surface area contributed by atoms with Gasteiger partial charge in [-0.25, -0.2) is 13.2 Å². The summed E-state index contributed by atoms with van der Waals surface area (Å²) in [7, 11) is 1.58. The summed E-state index contributed by atoms with van der Waals surface area (Å²) in [6.45, 7) is 0.311. The first kappa shape index (κ1) is 14.8. The minimum atomic E-state index is -1.39. The third-order valence-corrected chi connectivity index (χ3v) is 4.00. The molecule has 0 N–H and O–H groups in total. The summed E-state index contributed by atoms with van der Waals surface area (Å²) in [6.07, 6.45) is 2.42. The van der Waals surface area contributed by atoms with E-state index < -0.39 is 23.1 Å². The molecule has 1 saturated heterocycles. The second kappa shape index (κ2) is 5.28. The number of benzene rings is 1. The molecular weight excluding hydrogens is 295 g/mol. The van der Waals surface area contributed by atoms with Crippen molar-refractivity contribution in [2.24, 2.45) is 7.05 Å². The van der Waals surface area contributed by atoms with Gasteiger partial charge in [-0.05, 0) is 24.5 Å². The molecule has 1 aliphatic rings. The van der Waals surface area contributed by atoms with E-state index in [1.165, 1.54) is 16.8 Å². The summed E-state index contributed by atoms with van der Waals surface area (Å²) in [5.74, 6) is -3.02. The summed E-state index contributed by atoms with van der Waals surface area (Å²) in [5.41, 5.74) is -1.68. The smallest absolute Gasteiger partial charge is 0.250 e. The molecule has 0 radical (unpaired) electrons. The number of ether oxygens (including phenoxy) is 1. The maximum Gasteiger partial charge on any atom is 0.250 e. The van der Waals surface area contributed by atoms with Crippen molar-refractivity contribution < 1.29 is 17.9 Å². The molecule has 0 amide bonds. The van der Waals surface area contributed by atoms with Crippen molar-refractivity contribution >= 4 is 0 Å². The number of pyridine rings is 1. The van der Waals surface area contributed by atoms with Gasteiger partial charge in [0.15, 0.2) is 0 Å². The molecular formula is C16H14F3NO2. The van der Waals surface area contributed by atoms with E-state index in [1.807, 2.05) is 0 Å². The van der Waals surface area contributed by atoms with Crippen molar-refractivity contribution in [3.05, 3.63) is 69.4 Å². The van der Waals surface area contributed by atoms with Gasteiger partial charge in [-0.3, -0.25) is 4.79 Å². The van der Waals surface area contributed by atoms with Gasteiger partial charge in [0.2, 0.25) is 0 Å². The Hall–Kier alpha value is -2.08. The predicted octanol–water partition coefficient (Wildman–Crippen LogP) is 2.86. The standard InChI is InChI=1S/C16H14F3NO2/c1-20-5-3-10(7-14(20)21)16(4-2-6-22-16)15-12(18)8-11(17)9-13(15)19/h3,5,7-9H,2,4,6H2,1H3. The van der Waals surface area contributed by atoms with Crippen molar-refractivity contribution in [1.82, 2.24) is 4.57 Å². The Labute approximate surface area is 125 Å². The fraction of sp³-hybridized carbons (Fsp3) is 0.312. The number of aryl methyl sites for hydroxylation is 1. The zero-order valence-corrected chi connectivity index (χ0v) is 11.9. The van der Waals surface area contributed by atoms with Gasteiger partial charge in [0.25, 0.3) is 5.56 Å². The molecule has 0 saturated carbocycles. The number of hydrogen-bond donors (Lipinski definition) is 0. The normalized spacial score (nSPS) is 21.3. The van der Waals surface area contributed by atoms with Crippen molar-refractivity contribution in [2.45, 2.75) is 18.4 Å². The van der Waals surface area contributed by atoms with Gasteiger partial charge in [-0.15, -0.1) is 0 Å². The molecule has 1 aromatic carbocycles. The van der Waals surface area contributed by atoms with E-state index in [1.54, 1.807) is 13.1 Å². The summed E-state index contributed by atoms with van der Waals surface area (Å²) in [5, 5.41) is 0. The predicted molar refractivity (Wildman–Crippen MR) is 74.0 cm³/mol. The van der Waals surface area contributed by atoms with Gasteiger partial charge in [0.1, 0.15) is 23.1 Å². The molecule has 3 rings (SSSR count). The highest BCUT2D eigenvalue weighted by Crippen LogP contribution is 2.44. The fourth-order valence-corrected chi connectivity index (χ4v) is 2.94. The molecule has 22 heavy (non-hydrogen) atoms. The number of nitrogens with zero attached hydrogens (tertiary/aromatic N) is 1. The quantitative estimate of drug-likeness (QED) is 0.854. The van der Waals surface area contributed by atoms with Crippen molar-refractivity contribution in [1.29, 1.82) is 0 Å². The van der Waals surface area contributed by atoms with Crippen LogP contribution in [0.2, 0.25) is 0 Å². The molecule has 3 nitrogen and oxygen atoms in total. The number of rotatable bonds is 2. The topological polar surface area (TPSA) is 31.2 Å². The SMILES string of the molecule is Cn1ccc(C2(c3c(F)cc(F)cc3F)CCCO2)cc1=O. The van der Waals surface area contributed by atoms with Gasteiger partial charge < -0.3 is 9.30 Å². The van der Waals surface area contributed by atoms with Crippen LogP contribution in [0.1, 0.15) is 24.0 Å². The summed E-state index contributed by atoms with van der Waals surface area (Å²) >= 11 is 0. The highest BCUT2D eigenvalue weighted by molar-refractivity contribution is 5.38. The van der Waals surface area contributed by atoms with Crippen molar-refractivity contribution in [2.75, 3.05) is 6.61 Å². The Morgan fingerprint density at radius 2 is 1.86 bits per heavy atom. The summed E-state index contributed by atoms with van der Waals surface area (Å²) in [4.78, 5) is 11.9. The van der Waals surface area contributed by atoms with Crippen LogP contribution < -0.4 is 5.56 Å². The third-order valence-electron chi connectivity index (χ3n) is 4.00. The highest BCUT2D eigenvalue weighted by atomic mass is 19.1. The summed E-state index contributed by atoms with van der Waals surface area (Å²) < 4.78 is 48.6. The first-order valence-electron chi connectivity index (χ1n) is 6.90. The molecule has 6 heteroatoms. The average Bonchev–Trinajstić information content (AvgIpc) is 2.91. The van der Waals surface area contributed by atoms with Crippen molar-refractivity contribution in [3.8, 4) is 0 Å². The van der Waals surface area contributed by atoms with Crippen LogP contribution in [0.4, 0.5) is 13.2 Å². The molecule has 1 aliphatic heterocycles. The van der Waals surface area contributed by atoms with E-state index in [2.05, 4.69) is 0 Å². The van der Waals surface area contributed by atoms with Gasteiger partial charge in [0, 0.05) is 38.1 Å². The highest BCUT2D eigenvalue weighted by Gasteiger charge is 2.43. The molecule has 0 spiro atoms. The average molecular weight is 309 g/mol. The molecule has 1 atom stereocenters. The minimum absolute atomic E-state index is 0.310. The van der Waals surface area contributed by atoms with Crippen LogP contribution in [0.5, 0.6) is 0 Å². The van der Waals surface area contributed by atoms with E-state index in [0.717, 1.165) is 0 Å². The Morgan fingerprint density at radius 3 is 2.41 bits per heavy atom. The fourth-order valence-electron chi connectivity index (χ4n) is 2.94. The maximum atomic E-state index is 14.2. The molecule has 0 bridgehead atoms. The van der Waals surface area contributed by atoms with Crippen LogP contribution in [0.25, 0.3) is 0 Å². The molecule has 1 fully saturated rings. The van der Waals surface area contributed by atoms with Crippen LogP contribution >= 0.6 is 0 Å². The van der Waals surface area contributed by atoms with Gasteiger partial charge in [0.05, 0.1) is 5.56 Å². The molecule has 116 valence electrons. The number of aromatic nitrogens is 1. The monoisotopic (exact) mass is 309 g/mol. The largest absolute Gasteiger partial charge is 0.365 e. The molecule has 1 unspecified atom stereocenters. The lowest BCUT2D eigenvalue weighted by Gasteiger charge is -2.30. The lowest BCUT2D eigenvalue weighted by atomic mass is 9.83. The van der Waals surface area contributed by atoms with E-state index in [0.29, 0.717) is 37.1 Å². The second-order valence-corrected chi connectivity index (χ2v) is 5.39. The third kappa shape index (κ3) is 2.23. The molecule has 0 aliphatic carbocycles. The van der Waals surface area contributed by atoms with Crippen LogP contribution in [-0.4, -0.2) is 11.2 Å². The van der Waals surface area contributed by atoms with E-state index in [4.69, 9.17) is 4.74 Å². The minimum Gasteiger partial charge on any atom is -0.365 e. The lowest BCUT2D eigenvalue weighted by Crippen LogP contribution is -2.31. The number of hydrogen-bond acceptors (Lipinski definition) is 2. The Morgan fingerprint density at radius 1 is 1.18 bits per heavy atom. The Kier molecular flexibility index (Phi) is 3.56. The first-order valence-corrected chi connectivity index (χ1v) is 6.90. The summed E-state index contributed by atoms with van der Waals surface area (Å²) in [6, 6.07) is 4.15. The zero-order chi connectivity index (χ0) is 15.9. The zero-order valence-electron chi connectivity index (χ0n) is 11.9. The Bertz CT molecular complexity index is 756. The van der Waals surface area contributed by atoms with E-state index in [-0.39, 0.29) is 11.1 Å². The van der Waals surface area contributed by atoms with Crippen LogP contribution in [0, 0.1) is 17.5 Å². The van der Waals surface area contributed by atoms with Crippen LogP contribution in [-0.2, 0) is 17.4 Å². The van der Waals surface area contributed by atoms with E-state index >= 15 is 0 Å². The number of halogens is 3. The molecule has 2 aromatic rings. The van der Waals surface area contributed by atoms with Gasteiger partial charge in [-0.2, -0.15) is 0 Å².